The van der Waals surface area contributed by atoms with Crippen LogP contribution in [0.4, 0.5) is 0 Å². The largest absolute Gasteiger partial charge is 0.354 e. The number of nitriles is 1. The van der Waals surface area contributed by atoms with Crippen LogP contribution in [0.1, 0.15) is 38.5 Å². The van der Waals surface area contributed by atoms with Crippen LogP contribution in [0.5, 0.6) is 0 Å². The zero-order chi connectivity index (χ0) is 15.6. The first kappa shape index (κ1) is 15.6. The summed E-state index contributed by atoms with van der Waals surface area (Å²) in [6.07, 6.45) is 6.06. The Balaban J connectivity index is 1.59. The van der Waals surface area contributed by atoms with Crippen molar-refractivity contribution in [2.75, 3.05) is 18.1 Å². The minimum Gasteiger partial charge on any atom is -0.354 e. The van der Waals surface area contributed by atoms with Gasteiger partial charge in [0.2, 0.25) is 0 Å². The fourth-order valence-corrected chi connectivity index (χ4v) is 5.10. The molecule has 0 amide bonds. The molecule has 0 aromatic heterocycles. The molecule has 122 valence electrons. The molecule has 3 atom stereocenters. The number of rotatable bonds is 4. The molecule has 2 saturated carbocycles. The highest BCUT2D eigenvalue weighted by atomic mass is 32.2. The molecule has 1 aliphatic heterocycles. The molecule has 0 aromatic rings. The van der Waals surface area contributed by atoms with Gasteiger partial charge in [-0.1, -0.05) is 0 Å². The van der Waals surface area contributed by atoms with Crippen molar-refractivity contribution in [3.05, 3.63) is 0 Å². The molecule has 3 fully saturated rings. The number of hydrogen-bond donors (Lipinski definition) is 2. The number of sulfone groups is 1. The Kier molecular flexibility index (Phi) is 4.57. The third-order valence-corrected chi connectivity index (χ3v) is 6.59. The summed E-state index contributed by atoms with van der Waals surface area (Å²) in [4.78, 5) is 4.60. The van der Waals surface area contributed by atoms with Crippen LogP contribution < -0.4 is 10.6 Å². The van der Waals surface area contributed by atoms with Crippen molar-refractivity contribution >= 4 is 15.8 Å². The lowest BCUT2D eigenvalue weighted by Crippen LogP contribution is -2.45. The molecule has 0 aromatic carbocycles. The molecular formula is C15H24N4O2S. The van der Waals surface area contributed by atoms with Crippen LogP contribution in [0.3, 0.4) is 0 Å². The number of aliphatic imine (C=N–C) groups is 1. The maximum absolute atomic E-state index is 11.5. The predicted molar refractivity (Wildman–Crippen MR) is 85.1 cm³/mol. The van der Waals surface area contributed by atoms with Crippen molar-refractivity contribution in [1.29, 1.82) is 5.26 Å². The first-order valence-electron chi connectivity index (χ1n) is 8.23. The van der Waals surface area contributed by atoms with Crippen molar-refractivity contribution in [3.8, 4) is 6.07 Å². The second-order valence-corrected chi connectivity index (χ2v) is 9.02. The van der Waals surface area contributed by atoms with Crippen LogP contribution in [0.25, 0.3) is 0 Å². The molecule has 0 spiro atoms. The van der Waals surface area contributed by atoms with E-state index in [-0.39, 0.29) is 23.6 Å². The predicted octanol–water partition coefficient (Wildman–Crippen LogP) is 0.811. The van der Waals surface area contributed by atoms with E-state index in [1.807, 2.05) is 0 Å². The number of nitrogens with zero attached hydrogens (tertiary/aromatic N) is 2. The van der Waals surface area contributed by atoms with Gasteiger partial charge in [0, 0.05) is 18.6 Å². The standard InChI is InChI=1S/C15H24N4O2S/c16-8-12-2-1-3-14(12)19-15(18-13-4-5-13)17-9-11-6-7-22(20,21)10-11/h11-14H,1-7,9-10H2,(H2,17,18,19). The van der Waals surface area contributed by atoms with Gasteiger partial charge in [-0.3, -0.25) is 4.99 Å². The molecule has 0 bridgehead atoms. The Labute approximate surface area is 132 Å². The van der Waals surface area contributed by atoms with Gasteiger partial charge < -0.3 is 10.6 Å². The van der Waals surface area contributed by atoms with Gasteiger partial charge in [0.25, 0.3) is 0 Å². The van der Waals surface area contributed by atoms with Crippen molar-refractivity contribution in [2.24, 2.45) is 16.8 Å². The molecule has 3 aliphatic rings. The highest BCUT2D eigenvalue weighted by molar-refractivity contribution is 7.91. The zero-order valence-corrected chi connectivity index (χ0v) is 13.6. The topological polar surface area (TPSA) is 94.3 Å². The maximum atomic E-state index is 11.5. The summed E-state index contributed by atoms with van der Waals surface area (Å²) >= 11 is 0. The lowest BCUT2D eigenvalue weighted by Gasteiger charge is -2.20. The molecule has 2 aliphatic carbocycles. The maximum Gasteiger partial charge on any atom is 0.191 e. The minimum absolute atomic E-state index is 0.0538. The molecule has 1 saturated heterocycles. The third kappa shape index (κ3) is 4.13. The third-order valence-electron chi connectivity index (χ3n) is 4.76. The molecule has 2 N–H and O–H groups in total. The Morgan fingerprint density at radius 2 is 2.00 bits per heavy atom. The number of nitrogens with one attached hydrogen (secondary N) is 2. The molecule has 1 heterocycles. The lowest BCUT2D eigenvalue weighted by atomic mass is 10.1. The second kappa shape index (κ2) is 6.45. The normalized spacial score (nSPS) is 34.3. The van der Waals surface area contributed by atoms with Gasteiger partial charge in [-0.2, -0.15) is 5.26 Å². The Bertz CT molecular complexity index is 577. The first-order valence-corrected chi connectivity index (χ1v) is 10.1. The van der Waals surface area contributed by atoms with E-state index in [2.05, 4.69) is 21.7 Å². The highest BCUT2D eigenvalue weighted by Crippen LogP contribution is 2.25. The van der Waals surface area contributed by atoms with Gasteiger partial charge in [-0.05, 0) is 44.4 Å². The molecule has 7 heteroatoms. The quantitative estimate of drug-likeness (QED) is 0.589. The van der Waals surface area contributed by atoms with Crippen LogP contribution in [0.2, 0.25) is 0 Å². The van der Waals surface area contributed by atoms with E-state index in [0.29, 0.717) is 24.8 Å². The molecular weight excluding hydrogens is 300 g/mol. The SMILES string of the molecule is N#CC1CCCC1NC(=NCC1CCS(=O)(=O)C1)NC1CC1. The summed E-state index contributed by atoms with van der Waals surface area (Å²) in [6, 6.07) is 3.03. The van der Waals surface area contributed by atoms with E-state index < -0.39 is 9.84 Å². The highest BCUT2D eigenvalue weighted by Gasteiger charge is 2.31. The van der Waals surface area contributed by atoms with Crippen molar-refractivity contribution in [2.45, 2.75) is 50.6 Å². The minimum atomic E-state index is -2.84. The Hall–Kier alpha value is -1.29. The summed E-state index contributed by atoms with van der Waals surface area (Å²) in [7, 11) is -2.84. The number of hydrogen-bond acceptors (Lipinski definition) is 4. The van der Waals surface area contributed by atoms with Crippen LogP contribution >= 0.6 is 0 Å². The van der Waals surface area contributed by atoms with Gasteiger partial charge in [-0.15, -0.1) is 0 Å². The van der Waals surface area contributed by atoms with E-state index in [4.69, 9.17) is 0 Å². The summed E-state index contributed by atoms with van der Waals surface area (Å²) in [6.45, 7) is 0.547. The van der Waals surface area contributed by atoms with E-state index in [1.54, 1.807) is 0 Å². The Morgan fingerprint density at radius 1 is 1.18 bits per heavy atom. The first-order chi connectivity index (χ1) is 10.6. The molecule has 22 heavy (non-hydrogen) atoms. The summed E-state index contributed by atoms with van der Waals surface area (Å²) < 4.78 is 23.0. The zero-order valence-electron chi connectivity index (χ0n) is 12.8. The fourth-order valence-electron chi connectivity index (χ4n) is 3.25. The van der Waals surface area contributed by atoms with E-state index in [1.165, 1.54) is 0 Å². The summed E-state index contributed by atoms with van der Waals surface area (Å²) in [5.41, 5.74) is 0. The van der Waals surface area contributed by atoms with Crippen LogP contribution in [-0.2, 0) is 9.84 Å². The number of guanidine groups is 1. The van der Waals surface area contributed by atoms with E-state index in [0.717, 1.165) is 38.1 Å². The Morgan fingerprint density at radius 3 is 2.64 bits per heavy atom. The molecule has 3 rings (SSSR count). The average molecular weight is 324 g/mol. The van der Waals surface area contributed by atoms with Crippen molar-refractivity contribution < 1.29 is 8.42 Å². The summed E-state index contributed by atoms with van der Waals surface area (Å²) in [5, 5.41) is 16.0. The lowest BCUT2D eigenvalue weighted by molar-refractivity contribution is 0.527. The average Bonchev–Trinajstić information content (AvgIpc) is 3.05. The van der Waals surface area contributed by atoms with Crippen molar-refractivity contribution in [1.82, 2.24) is 10.6 Å². The van der Waals surface area contributed by atoms with Gasteiger partial charge in [0.15, 0.2) is 15.8 Å². The second-order valence-electron chi connectivity index (χ2n) is 6.79. The van der Waals surface area contributed by atoms with Crippen molar-refractivity contribution in [3.63, 3.8) is 0 Å². The van der Waals surface area contributed by atoms with E-state index >= 15 is 0 Å². The van der Waals surface area contributed by atoms with E-state index in [9.17, 15) is 13.7 Å². The molecule has 6 nitrogen and oxygen atoms in total. The smallest absolute Gasteiger partial charge is 0.191 e. The van der Waals surface area contributed by atoms with Gasteiger partial charge in [-0.25, -0.2) is 8.42 Å². The molecule has 3 unspecified atom stereocenters. The van der Waals surface area contributed by atoms with Crippen LogP contribution in [-0.4, -0.2) is 44.5 Å². The summed E-state index contributed by atoms with van der Waals surface area (Å²) in [5.74, 6) is 1.51. The van der Waals surface area contributed by atoms with Crippen LogP contribution in [0, 0.1) is 23.2 Å². The van der Waals surface area contributed by atoms with Gasteiger partial charge in [0.05, 0.1) is 23.5 Å². The monoisotopic (exact) mass is 324 g/mol. The van der Waals surface area contributed by atoms with Crippen LogP contribution in [0.15, 0.2) is 4.99 Å². The van der Waals surface area contributed by atoms with Gasteiger partial charge >= 0.3 is 0 Å². The van der Waals surface area contributed by atoms with Gasteiger partial charge in [0.1, 0.15) is 0 Å². The fraction of sp³-hybridized carbons (Fsp3) is 0.867. The molecule has 0 radical (unpaired) electrons.